The second-order valence-corrected chi connectivity index (χ2v) is 8.39. The Labute approximate surface area is 137 Å². The SMILES string of the molecule is COC(C)(C)[C@@H]1CC[C@@]2(C)OC3=C(C[C@@H]12)C(=O)[C@]1(O)CO[C@H]3C1. The second kappa shape index (κ2) is 4.58. The van der Waals surface area contributed by atoms with Crippen LogP contribution in [0.2, 0.25) is 0 Å². The third-order valence-electron chi connectivity index (χ3n) is 6.74. The lowest BCUT2D eigenvalue weighted by Crippen LogP contribution is -2.51. The molecule has 2 fully saturated rings. The average Bonchev–Trinajstić information content (AvgIpc) is 3.03. The molecule has 5 heteroatoms. The van der Waals surface area contributed by atoms with Gasteiger partial charge in [-0.15, -0.1) is 0 Å². The van der Waals surface area contributed by atoms with Gasteiger partial charge < -0.3 is 19.3 Å². The summed E-state index contributed by atoms with van der Waals surface area (Å²) < 4.78 is 17.8. The fraction of sp³-hybridized carbons (Fsp3) is 0.833. The summed E-state index contributed by atoms with van der Waals surface area (Å²) in [7, 11) is 1.74. The first-order valence-corrected chi connectivity index (χ1v) is 8.56. The van der Waals surface area contributed by atoms with Gasteiger partial charge in [0, 0.05) is 25.0 Å². The van der Waals surface area contributed by atoms with E-state index in [9.17, 15) is 9.90 Å². The van der Waals surface area contributed by atoms with Crippen LogP contribution in [0.25, 0.3) is 0 Å². The van der Waals surface area contributed by atoms with Crippen LogP contribution in [0.15, 0.2) is 11.3 Å². The molecule has 2 heterocycles. The van der Waals surface area contributed by atoms with Gasteiger partial charge in [-0.3, -0.25) is 4.79 Å². The highest BCUT2D eigenvalue weighted by Crippen LogP contribution is 2.56. The van der Waals surface area contributed by atoms with Crippen LogP contribution in [0.4, 0.5) is 0 Å². The van der Waals surface area contributed by atoms with Crippen molar-refractivity contribution in [3.63, 3.8) is 0 Å². The lowest BCUT2D eigenvalue weighted by Gasteiger charge is -2.46. The van der Waals surface area contributed by atoms with Crippen LogP contribution in [0.5, 0.6) is 0 Å². The maximum Gasteiger partial charge on any atom is 0.196 e. The van der Waals surface area contributed by atoms with Gasteiger partial charge in [-0.1, -0.05) is 0 Å². The number of aliphatic hydroxyl groups is 1. The highest BCUT2D eigenvalue weighted by Gasteiger charge is 2.61. The summed E-state index contributed by atoms with van der Waals surface area (Å²) in [6, 6.07) is 0. The van der Waals surface area contributed by atoms with E-state index in [4.69, 9.17) is 14.2 Å². The number of rotatable bonds is 2. The van der Waals surface area contributed by atoms with Gasteiger partial charge in [-0.2, -0.15) is 0 Å². The van der Waals surface area contributed by atoms with E-state index in [1.807, 2.05) is 0 Å². The summed E-state index contributed by atoms with van der Waals surface area (Å²) in [5.41, 5.74) is -1.22. The summed E-state index contributed by atoms with van der Waals surface area (Å²) in [5, 5.41) is 10.5. The summed E-state index contributed by atoms with van der Waals surface area (Å²) in [6.07, 6.45) is 2.70. The molecule has 0 radical (unpaired) electrons. The molecule has 0 aromatic rings. The number of fused-ring (bicyclic) bond motifs is 4. The van der Waals surface area contributed by atoms with Gasteiger partial charge in [0.1, 0.15) is 17.5 Å². The average molecular weight is 322 g/mol. The number of ketones is 1. The zero-order valence-electron chi connectivity index (χ0n) is 14.3. The van der Waals surface area contributed by atoms with E-state index >= 15 is 0 Å². The summed E-state index contributed by atoms with van der Waals surface area (Å²) in [4.78, 5) is 12.8. The third kappa shape index (κ3) is 1.99. The third-order valence-corrected chi connectivity index (χ3v) is 6.74. The lowest BCUT2D eigenvalue weighted by molar-refractivity contribution is -0.137. The smallest absolute Gasteiger partial charge is 0.196 e. The molecule has 0 spiro atoms. The van der Waals surface area contributed by atoms with Gasteiger partial charge >= 0.3 is 0 Å². The second-order valence-electron chi connectivity index (χ2n) is 8.39. The molecule has 1 saturated carbocycles. The van der Waals surface area contributed by atoms with Crippen molar-refractivity contribution in [3.8, 4) is 0 Å². The summed E-state index contributed by atoms with van der Waals surface area (Å²) in [5.74, 6) is 1.05. The Hall–Kier alpha value is -0.910. The van der Waals surface area contributed by atoms with E-state index in [1.54, 1.807) is 7.11 Å². The highest BCUT2D eigenvalue weighted by molar-refractivity contribution is 6.04. The molecule has 1 N–H and O–H groups in total. The van der Waals surface area contributed by atoms with Gasteiger partial charge in [0.2, 0.25) is 0 Å². The fourth-order valence-electron chi connectivity index (χ4n) is 5.09. The molecule has 23 heavy (non-hydrogen) atoms. The van der Waals surface area contributed by atoms with Crippen LogP contribution in [-0.2, 0) is 19.0 Å². The van der Waals surface area contributed by atoms with E-state index in [0.717, 1.165) is 12.8 Å². The number of Topliss-reactive ketones (excluding diaryl/α,β-unsaturated/α-hetero) is 1. The van der Waals surface area contributed by atoms with Gasteiger partial charge in [0.05, 0.1) is 12.2 Å². The normalized spacial score (nSPS) is 45.8. The van der Waals surface area contributed by atoms with Crippen molar-refractivity contribution < 1.29 is 24.1 Å². The van der Waals surface area contributed by atoms with Crippen LogP contribution >= 0.6 is 0 Å². The number of carbonyl (C=O) groups is 1. The Morgan fingerprint density at radius 3 is 2.83 bits per heavy atom. The highest BCUT2D eigenvalue weighted by atomic mass is 16.6. The van der Waals surface area contributed by atoms with Crippen LogP contribution in [0.3, 0.4) is 0 Å². The fourth-order valence-corrected chi connectivity index (χ4v) is 5.09. The van der Waals surface area contributed by atoms with Crippen LogP contribution < -0.4 is 0 Å². The first-order chi connectivity index (χ1) is 10.7. The van der Waals surface area contributed by atoms with Crippen LogP contribution in [0.1, 0.15) is 46.5 Å². The molecule has 2 bridgehead atoms. The predicted molar refractivity (Wildman–Crippen MR) is 82.7 cm³/mol. The van der Waals surface area contributed by atoms with Gasteiger partial charge in [-0.25, -0.2) is 0 Å². The lowest BCUT2D eigenvalue weighted by atomic mass is 9.70. The zero-order chi connectivity index (χ0) is 16.6. The molecular formula is C18H26O5. The molecule has 0 unspecified atom stereocenters. The van der Waals surface area contributed by atoms with Gasteiger partial charge in [0.15, 0.2) is 11.4 Å². The number of methoxy groups -OCH3 is 1. The molecule has 4 rings (SSSR count). The van der Waals surface area contributed by atoms with Crippen molar-refractivity contribution in [1.82, 2.24) is 0 Å². The largest absolute Gasteiger partial charge is 0.488 e. The molecule has 5 nitrogen and oxygen atoms in total. The minimum absolute atomic E-state index is 0.0846. The quantitative estimate of drug-likeness (QED) is 0.842. The molecule has 5 atom stereocenters. The van der Waals surface area contributed by atoms with E-state index in [0.29, 0.717) is 30.1 Å². The molecule has 0 aromatic heterocycles. The molecule has 128 valence electrons. The van der Waals surface area contributed by atoms with Gasteiger partial charge in [0.25, 0.3) is 0 Å². The molecular weight excluding hydrogens is 296 g/mol. The number of carbonyl (C=O) groups excluding carboxylic acids is 1. The monoisotopic (exact) mass is 322 g/mol. The Kier molecular flexibility index (Phi) is 3.11. The summed E-state index contributed by atoms with van der Waals surface area (Å²) in [6.45, 7) is 6.45. The molecule has 4 aliphatic rings. The van der Waals surface area contributed by atoms with Gasteiger partial charge in [-0.05, 0) is 46.0 Å². The van der Waals surface area contributed by atoms with Crippen molar-refractivity contribution in [3.05, 3.63) is 11.3 Å². The maximum atomic E-state index is 12.8. The van der Waals surface area contributed by atoms with E-state index in [2.05, 4.69) is 20.8 Å². The minimum atomic E-state index is -1.34. The van der Waals surface area contributed by atoms with Crippen molar-refractivity contribution in [2.75, 3.05) is 13.7 Å². The first-order valence-electron chi connectivity index (χ1n) is 8.56. The number of ether oxygens (including phenoxy) is 3. The van der Waals surface area contributed by atoms with Crippen molar-refractivity contribution in [2.24, 2.45) is 11.8 Å². The topological polar surface area (TPSA) is 65.0 Å². The van der Waals surface area contributed by atoms with Crippen molar-refractivity contribution in [2.45, 2.75) is 69.4 Å². The Bertz CT molecular complexity index is 594. The number of hydrogen-bond donors (Lipinski definition) is 1. The zero-order valence-corrected chi connectivity index (χ0v) is 14.3. The molecule has 0 amide bonds. The van der Waals surface area contributed by atoms with Crippen molar-refractivity contribution in [1.29, 1.82) is 0 Å². The Morgan fingerprint density at radius 2 is 2.13 bits per heavy atom. The van der Waals surface area contributed by atoms with Crippen LogP contribution in [-0.4, -0.2) is 47.5 Å². The van der Waals surface area contributed by atoms with E-state index in [1.165, 1.54) is 0 Å². The number of hydrogen-bond acceptors (Lipinski definition) is 5. The van der Waals surface area contributed by atoms with Crippen molar-refractivity contribution >= 4 is 5.78 Å². The minimum Gasteiger partial charge on any atom is -0.488 e. The maximum absolute atomic E-state index is 12.8. The standard InChI is InChI=1S/C18H26O5/c1-16(2,21-4)11-5-6-17(3)12(11)7-10-14(23-17)13-8-18(20,9-22-13)15(10)19/h11-13,20H,5-9H2,1-4H3/t11-,12+,13+,17-,18-/m1/s1. The Morgan fingerprint density at radius 1 is 1.39 bits per heavy atom. The van der Waals surface area contributed by atoms with E-state index in [-0.39, 0.29) is 35.6 Å². The molecule has 2 aliphatic carbocycles. The van der Waals surface area contributed by atoms with Crippen LogP contribution in [0, 0.1) is 11.8 Å². The molecule has 0 aromatic carbocycles. The first kappa shape index (κ1) is 15.6. The molecule has 1 saturated heterocycles. The Balaban J connectivity index is 1.72. The predicted octanol–water partition coefficient (Wildman–Crippen LogP) is 1.97. The summed E-state index contributed by atoms with van der Waals surface area (Å²) >= 11 is 0. The molecule has 2 aliphatic heterocycles. The van der Waals surface area contributed by atoms with E-state index < -0.39 is 5.60 Å².